The van der Waals surface area contributed by atoms with E-state index in [9.17, 15) is 4.79 Å². The van der Waals surface area contributed by atoms with Crippen molar-refractivity contribution in [2.24, 2.45) is 0 Å². The van der Waals surface area contributed by atoms with Crippen LogP contribution in [0.4, 0.5) is 0 Å². The van der Waals surface area contributed by atoms with Gasteiger partial charge in [-0.15, -0.1) is 0 Å². The second kappa shape index (κ2) is 8.85. The molecular formula is C17H25NOS. The largest absolute Gasteiger partial charge is 0.355 e. The molecule has 0 aromatic carbocycles. The van der Waals surface area contributed by atoms with Gasteiger partial charge in [-0.05, 0) is 51.0 Å². The summed E-state index contributed by atoms with van der Waals surface area (Å²) in [4.78, 5) is 11.7. The average Bonchev–Trinajstić information content (AvgIpc) is 2.45. The van der Waals surface area contributed by atoms with Gasteiger partial charge in [-0.2, -0.15) is 0 Å². The van der Waals surface area contributed by atoms with Crippen molar-refractivity contribution in [2.45, 2.75) is 47.0 Å². The first kappa shape index (κ1) is 16.8. The van der Waals surface area contributed by atoms with Crippen LogP contribution in [0.5, 0.6) is 0 Å². The molecule has 110 valence electrons. The normalized spacial score (nSPS) is 15.3. The third-order valence-corrected chi connectivity index (χ3v) is 4.76. The molecule has 0 saturated carbocycles. The molecule has 0 saturated heterocycles. The summed E-state index contributed by atoms with van der Waals surface area (Å²) in [5.74, 6) is 0. The van der Waals surface area contributed by atoms with Crippen LogP contribution in [-0.4, -0.2) is 13.0 Å². The Bertz CT molecular complexity index is 465. The molecule has 1 aliphatic carbocycles. The van der Waals surface area contributed by atoms with Crippen LogP contribution in [0, 0.1) is 0 Å². The molecule has 1 amide bonds. The van der Waals surface area contributed by atoms with Crippen LogP contribution < -0.4 is 5.32 Å². The Morgan fingerprint density at radius 2 is 2.05 bits per heavy atom. The fourth-order valence-electron chi connectivity index (χ4n) is 1.95. The van der Waals surface area contributed by atoms with Crippen LogP contribution in [0.15, 0.2) is 44.8 Å². The first-order valence-corrected chi connectivity index (χ1v) is 8.02. The quantitative estimate of drug-likeness (QED) is 0.688. The summed E-state index contributed by atoms with van der Waals surface area (Å²) in [7, 11) is 0. The minimum Gasteiger partial charge on any atom is -0.355 e. The van der Waals surface area contributed by atoms with Crippen LogP contribution >= 0.6 is 11.8 Å². The minimum atomic E-state index is 0.666. The molecule has 0 aliphatic heterocycles. The van der Waals surface area contributed by atoms with Crippen LogP contribution in [0.2, 0.25) is 0 Å². The van der Waals surface area contributed by atoms with Crippen molar-refractivity contribution >= 4 is 18.2 Å². The van der Waals surface area contributed by atoms with Crippen molar-refractivity contribution in [3.8, 4) is 0 Å². The van der Waals surface area contributed by atoms with Gasteiger partial charge >= 0.3 is 0 Å². The van der Waals surface area contributed by atoms with Crippen molar-refractivity contribution in [3.63, 3.8) is 0 Å². The maximum atomic E-state index is 10.3. The van der Waals surface area contributed by atoms with Gasteiger partial charge in [-0.25, -0.2) is 0 Å². The van der Waals surface area contributed by atoms with Crippen LogP contribution in [0.25, 0.3) is 0 Å². The molecule has 0 fully saturated rings. The second-order valence-corrected chi connectivity index (χ2v) is 6.16. The highest BCUT2D eigenvalue weighted by molar-refractivity contribution is 8.06. The van der Waals surface area contributed by atoms with Gasteiger partial charge in [-0.1, -0.05) is 47.6 Å². The van der Waals surface area contributed by atoms with E-state index in [4.69, 9.17) is 0 Å². The van der Waals surface area contributed by atoms with Gasteiger partial charge < -0.3 is 5.32 Å². The molecule has 0 spiro atoms. The topological polar surface area (TPSA) is 29.1 Å². The molecular weight excluding hydrogens is 266 g/mol. The Morgan fingerprint density at radius 1 is 1.30 bits per heavy atom. The number of rotatable bonds is 7. The van der Waals surface area contributed by atoms with E-state index in [1.54, 1.807) is 0 Å². The third kappa shape index (κ3) is 5.41. The van der Waals surface area contributed by atoms with E-state index >= 15 is 0 Å². The number of nitrogens with one attached hydrogen (secondary N) is 1. The zero-order valence-electron chi connectivity index (χ0n) is 13.0. The molecule has 0 atom stereocenters. The summed E-state index contributed by atoms with van der Waals surface area (Å²) in [5, 5.41) is 4.99. The summed E-state index contributed by atoms with van der Waals surface area (Å²) in [6.07, 6.45) is 8.30. The number of carbonyl (C=O) groups excluding carboxylic acids is 1. The molecule has 3 heteroatoms. The predicted octanol–water partition coefficient (Wildman–Crippen LogP) is 4.72. The predicted molar refractivity (Wildman–Crippen MR) is 89.5 cm³/mol. The van der Waals surface area contributed by atoms with Crippen LogP contribution in [0.1, 0.15) is 47.0 Å². The molecule has 0 bridgehead atoms. The van der Waals surface area contributed by atoms with Crippen LogP contribution in [0.3, 0.4) is 0 Å². The first-order valence-electron chi connectivity index (χ1n) is 7.14. The Hall–Kier alpha value is -1.22. The standard InChI is InChI=1S/C17H25NOS/c1-5-14(4)11-20-17(13(2)3)16-8-6-15(7-9-16)10-18-12-19/h6,8,11-12H,5,7,9-10H2,1-4H3,(H,18,19). The van der Waals surface area contributed by atoms with Gasteiger partial charge in [0.25, 0.3) is 0 Å². The van der Waals surface area contributed by atoms with Crippen molar-refractivity contribution in [1.29, 1.82) is 0 Å². The summed E-state index contributed by atoms with van der Waals surface area (Å²) in [6.45, 7) is 9.37. The Kier molecular flexibility index (Phi) is 7.45. The van der Waals surface area contributed by atoms with Crippen molar-refractivity contribution in [2.75, 3.05) is 6.54 Å². The molecule has 0 heterocycles. The average molecular weight is 291 g/mol. The fourth-order valence-corrected chi connectivity index (χ4v) is 2.99. The van der Waals surface area contributed by atoms with E-state index in [-0.39, 0.29) is 0 Å². The number of hydrogen-bond acceptors (Lipinski definition) is 2. The molecule has 0 aromatic heterocycles. The van der Waals surface area contributed by atoms with Gasteiger partial charge in [0.1, 0.15) is 0 Å². The number of thioether (sulfide) groups is 1. The molecule has 1 N–H and O–H groups in total. The summed E-state index contributed by atoms with van der Waals surface area (Å²) >= 11 is 1.84. The maximum Gasteiger partial charge on any atom is 0.207 e. The Morgan fingerprint density at radius 3 is 2.55 bits per heavy atom. The second-order valence-electron chi connectivity index (χ2n) is 5.28. The highest BCUT2D eigenvalue weighted by Gasteiger charge is 2.11. The number of allylic oxidation sites excluding steroid dienone is 5. The molecule has 0 aromatic rings. The maximum absolute atomic E-state index is 10.3. The van der Waals surface area contributed by atoms with Crippen molar-refractivity contribution < 1.29 is 4.79 Å². The third-order valence-electron chi connectivity index (χ3n) is 3.33. The summed E-state index contributed by atoms with van der Waals surface area (Å²) in [6, 6.07) is 0. The zero-order chi connectivity index (χ0) is 15.0. The van der Waals surface area contributed by atoms with Crippen LogP contribution in [-0.2, 0) is 4.79 Å². The lowest BCUT2D eigenvalue weighted by atomic mass is 9.97. The van der Waals surface area contributed by atoms with E-state index in [1.807, 2.05) is 11.8 Å². The highest BCUT2D eigenvalue weighted by atomic mass is 32.2. The first-order chi connectivity index (χ1) is 9.58. The van der Waals surface area contributed by atoms with Crippen molar-refractivity contribution in [3.05, 3.63) is 44.8 Å². The minimum absolute atomic E-state index is 0.666. The highest BCUT2D eigenvalue weighted by Crippen LogP contribution is 2.34. The smallest absolute Gasteiger partial charge is 0.207 e. The number of carbonyl (C=O) groups is 1. The summed E-state index contributed by atoms with van der Waals surface area (Å²) < 4.78 is 0. The van der Waals surface area contributed by atoms with E-state index in [0.29, 0.717) is 6.54 Å². The molecule has 0 radical (unpaired) electrons. The molecule has 1 rings (SSSR count). The Balaban J connectivity index is 2.80. The van der Waals surface area contributed by atoms with Crippen molar-refractivity contribution in [1.82, 2.24) is 5.32 Å². The lowest BCUT2D eigenvalue weighted by Gasteiger charge is -2.17. The lowest BCUT2D eigenvalue weighted by molar-refractivity contribution is -0.109. The Labute approximate surface area is 127 Å². The van der Waals surface area contributed by atoms with Gasteiger partial charge in [0.2, 0.25) is 6.41 Å². The zero-order valence-corrected chi connectivity index (χ0v) is 13.8. The number of amides is 1. The van der Waals surface area contributed by atoms with Gasteiger partial charge in [0, 0.05) is 11.4 Å². The lowest BCUT2D eigenvalue weighted by Crippen LogP contribution is -2.15. The van der Waals surface area contributed by atoms with E-state index in [2.05, 4.69) is 50.6 Å². The van der Waals surface area contributed by atoms with E-state index in [0.717, 1.165) is 25.7 Å². The SMILES string of the molecule is CCC(C)=CSC(C1=CC=C(CNC=O)CC1)=C(C)C. The van der Waals surface area contributed by atoms with Gasteiger partial charge in [-0.3, -0.25) is 4.79 Å². The molecule has 2 nitrogen and oxygen atoms in total. The van der Waals surface area contributed by atoms with Gasteiger partial charge in [0.05, 0.1) is 0 Å². The summed E-state index contributed by atoms with van der Waals surface area (Å²) in [5.41, 5.74) is 5.48. The van der Waals surface area contributed by atoms with E-state index < -0.39 is 0 Å². The molecule has 20 heavy (non-hydrogen) atoms. The number of hydrogen-bond donors (Lipinski definition) is 1. The van der Waals surface area contributed by atoms with Gasteiger partial charge in [0.15, 0.2) is 0 Å². The molecule has 1 aliphatic rings. The molecule has 0 unspecified atom stereocenters. The monoisotopic (exact) mass is 291 g/mol. The fraction of sp³-hybridized carbons (Fsp3) is 0.471. The van der Waals surface area contributed by atoms with E-state index in [1.165, 1.54) is 27.2 Å².